The molecule has 0 bridgehead atoms. The number of nitrogens with zero attached hydrogens (tertiary/aromatic N) is 1. The Morgan fingerprint density at radius 3 is 2.57 bits per heavy atom. The van der Waals surface area contributed by atoms with Crippen LogP contribution in [0.1, 0.15) is 59.8 Å². The van der Waals surface area contributed by atoms with Crippen molar-refractivity contribution in [3.8, 4) is 0 Å². The summed E-state index contributed by atoms with van der Waals surface area (Å²) in [6, 6.07) is 0. The number of aliphatic hydroxyl groups excluding tert-OH is 1. The number of ether oxygens (including phenoxy) is 1. The van der Waals surface area contributed by atoms with Gasteiger partial charge in [-0.15, -0.1) is 0 Å². The van der Waals surface area contributed by atoms with E-state index in [2.05, 4.69) is 11.9 Å². The summed E-state index contributed by atoms with van der Waals surface area (Å²) < 4.78 is 4.80. The van der Waals surface area contributed by atoms with Gasteiger partial charge >= 0.3 is 5.97 Å². The van der Waals surface area contributed by atoms with Crippen molar-refractivity contribution >= 4 is 17.5 Å². The lowest BCUT2D eigenvalue weighted by atomic mass is 9.68. The van der Waals surface area contributed by atoms with Crippen molar-refractivity contribution < 1.29 is 19.4 Å². The van der Waals surface area contributed by atoms with Gasteiger partial charge in [0.25, 0.3) is 0 Å². The average molecular weight is 323 g/mol. The zero-order chi connectivity index (χ0) is 17.6. The molecule has 0 aromatic carbocycles. The minimum Gasteiger partial charge on any atom is -0.511 e. The average Bonchev–Trinajstić information content (AvgIpc) is 2.45. The summed E-state index contributed by atoms with van der Waals surface area (Å²) in [5.41, 5.74) is 0.0303. The first-order chi connectivity index (χ1) is 10.8. The Bertz CT molecular complexity index is 517. The van der Waals surface area contributed by atoms with Crippen molar-refractivity contribution in [1.29, 1.82) is 0 Å². The maximum absolute atomic E-state index is 12.4. The Morgan fingerprint density at radius 1 is 1.35 bits per heavy atom. The predicted molar refractivity (Wildman–Crippen MR) is 90.7 cm³/mol. The lowest BCUT2D eigenvalue weighted by Crippen LogP contribution is -2.41. The number of allylic oxidation sites excluding steroid dienone is 1. The molecule has 5 nitrogen and oxygen atoms in total. The van der Waals surface area contributed by atoms with E-state index >= 15 is 0 Å². The van der Waals surface area contributed by atoms with Crippen LogP contribution in [0.15, 0.2) is 16.3 Å². The SMILES string of the molecule is CCCCCCN=C(C)C1=C(O)C(C(=O)OC)C(C)(C)CC1=O. The topological polar surface area (TPSA) is 76.0 Å². The number of carbonyl (C=O) groups is 2. The molecule has 0 aromatic heterocycles. The molecule has 1 N–H and O–H groups in total. The molecule has 1 rings (SSSR count). The van der Waals surface area contributed by atoms with Crippen LogP contribution in [0, 0.1) is 11.3 Å². The molecule has 0 radical (unpaired) electrons. The van der Waals surface area contributed by atoms with Crippen molar-refractivity contribution in [2.75, 3.05) is 13.7 Å². The molecule has 0 amide bonds. The van der Waals surface area contributed by atoms with E-state index < -0.39 is 17.3 Å². The summed E-state index contributed by atoms with van der Waals surface area (Å²) in [6.07, 6.45) is 4.57. The number of hydrogen-bond donors (Lipinski definition) is 1. The highest BCUT2D eigenvalue weighted by molar-refractivity contribution is 6.23. The van der Waals surface area contributed by atoms with E-state index in [1.807, 2.05) is 0 Å². The van der Waals surface area contributed by atoms with Crippen molar-refractivity contribution in [3.63, 3.8) is 0 Å². The number of esters is 1. The van der Waals surface area contributed by atoms with Crippen LogP contribution in [0.4, 0.5) is 0 Å². The molecule has 1 aliphatic rings. The Kier molecular flexibility index (Phi) is 6.98. The number of hydrogen-bond acceptors (Lipinski definition) is 5. The first kappa shape index (κ1) is 19.4. The summed E-state index contributed by atoms with van der Waals surface area (Å²) in [6.45, 7) is 8.07. The molecular weight excluding hydrogens is 294 g/mol. The van der Waals surface area contributed by atoms with Gasteiger partial charge in [-0.25, -0.2) is 0 Å². The van der Waals surface area contributed by atoms with Gasteiger partial charge in [0.05, 0.1) is 12.7 Å². The third-order valence-corrected chi connectivity index (χ3v) is 4.37. The van der Waals surface area contributed by atoms with E-state index in [0.717, 1.165) is 19.3 Å². The fourth-order valence-corrected chi connectivity index (χ4v) is 3.06. The molecule has 1 aliphatic carbocycles. The van der Waals surface area contributed by atoms with E-state index in [1.165, 1.54) is 13.5 Å². The molecular formula is C18H29NO4. The molecule has 0 saturated carbocycles. The van der Waals surface area contributed by atoms with Crippen molar-refractivity contribution in [2.45, 2.75) is 59.8 Å². The summed E-state index contributed by atoms with van der Waals surface area (Å²) in [7, 11) is 1.29. The van der Waals surface area contributed by atoms with Gasteiger partial charge in [0.15, 0.2) is 5.78 Å². The fourth-order valence-electron chi connectivity index (χ4n) is 3.06. The van der Waals surface area contributed by atoms with Crippen LogP contribution in [0.2, 0.25) is 0 Å². The minimum atomic E-state index is -0.828. The maximum atomic E-state index is 12.4. The smallest absolute Gasteiger partial charge is 0.316 e. The zero-order valence-corrected chi connectivity index (χ0v) is 14.9. The van der Waals surface area contributed by atoms with Crippen LogP contribution in [0.5, 0.6) is 0 Å². The molecule has 130 valence electrons. The molecule has 1 unspecified atom stereocenters. The zero-order valence-electron chi connectivity index (χ0n) is 14.9. The van der Waals surface area contributed by atoms with Crippen LogP contribution in [0.3, 0.4) is 0 Å². The first-order valence-corrected chi connectivity index (χ1v) is 8.31. The van der Waals surface area contributed by atoms with E-state index in [4.69, 9.17) is 4.74 Å². The number of carbonyl (C=O) groups excluding carboxylic acids is 2. The third kappa shape index (κ3) is 4.66. The largest absolute Gasteiger partial charge is 0.511 e. The van der Waals surface area contributed by atoms with Gasteiger partial charge in [-0.2, -0.15) is 0 Å². The van der Waals surface area contributed by atoms with E-state index in [0.29, 0.717) is 12.3 Å². The van der Waals surface area contributed by atoms with E-state index in [9.17, 15) is 14.7 Å². The molecule has 1 atom stereocenters. The Balaban J connectivity index is 3.04. The number of rotatable bonds is 7. The second-order valence-corrected chi connectivity index (χ2v) is 6.83. The first-order valence-electron chi connectivity index (χ1n) is 8.31. The fraction of sp³-hybridized carbons (Fsp3) is 0.722. The quantitative estimate of drug-likeness (QED) is 0.441. The summed E-state index contributed by atoms with van der Waals surface area (Å²) in [5.74, 6) is -1.71. The highest BCUT2D eigenvalue weighted by atomic mass is 16.5. The van der Waals surface area contributed by atoms with Gasteiger partial charge in [-0.3, -0.25) is 14.6 Å². The predicted octanol–water partition coefficient (Wildman–Crippen LogP) is 3.63. The highest BCUT2D eigenvalue weighted by Crippen LogP contribution is 2.42. The molecule has 23 heavy (non-hydrogen) atoms. The Morgan fingerprint density at radius 2 is 2.00 bits per heavy atom. The minimum absolute atomic E-state index is 0.164. The van der Waals surface area contributed by atoms with Gasteiger partial charge in [0, 0.05) is 18.7 Å². The van der Waals surface area contributed by atoms with Gasteiger partial charge in [-0.1, -0.05) is 40.0 Å². The van der Waals surface area contributed by atoms with Gasteiger partial charge in [0.2, 0.25) is 0 Å². The summed E-state index contributed by atoms with van der Waals surface area (Å²) in [5, 5.41) is 10.5. The molecule has 0 aliphatic heterocycles. The van der Waals surface area contributed by atoms with Crippen LogP contribution in [-0.2, 0) is 14.3 Å². The monoisotopic (exact) mass is 323 g/mol. The van der Waals surface area contributed by atoms with Crippen molar-refractivity contribution in [1.82, 2.24) is 0 Å². The molecule has 0 aromatic rings. The van der Waals surface area contributed by atoms with Crippen LogP contribution >= 0.6 is 0 Å². The Labute approximate surface area is 138 Å². The molecule has 0 spiro atoms. The van der Waals surface area contributed by atoms with Crippen LogP contribution < -0.4 is 0 Å². The lowest BCUT2D eigenvalue weighted by Gasteiger charge is -2.36. The van der Waals surface area contributed by atoms with E-state index in [1.54, 1.807) is 20.8 Å². The lowest BCUT2D eigenvalue weighted by molar-refractivity contribution is -0.150. The number of unbranched alkanes of at least 4 members (excludes halogenated alkanes) is 3. The molecule has 0 fully saturated rings. The van der Waals surface area contributed by atoms with Crippen LogP contribution in [0.25, 0.3) is 0 Å². The molecule has 5 heteroatoms. The summed E-state index contributed by atoms with van der Waals surface area (Å²) in [4.78, 5) is 28.8. The number of Topliss-reactive ketones (excluding diaryl/α,β-unsaturated/α-hetero) is 1. The number of aliphatic hydroxyl groups is 1. The van der Waals surface area contributed by atoms with Gasteiger partial charge < -0.3 is 9.84 Å². The van der Waals surface area contributed by atoms with E-state index in [-0.39, 0.29) is 23.5 Å². The van der Waals surface area contributed by atoms with Gasteiger partial charge in [0.1, 0.15) is 11.7 Å². The second-order valence-electron chi connectivity index (χ2n) is 6.83. The maximum Gasteiger partial charge on any atom is 0.316 e. The molecule has 0 saturated heterocycles. The normalized spacial score (nSPS) is 21.5. The standard InChI is InChI=1S/C18H29NO4/c1-6-7-8-9-10-19-12(2)14-13(20)11-18(3,4)15(16(14)21)17(22)23-5/h15,21H,6-11H2,1-5H3. The summed E-state index contributed by atoms with van der Waals surface area (Å²) >= 11 is 0. The van der Waals surface area contributed by atoms with Crippen LogP contribution in [-0.4, -0.2) is 36.2 Å². The Hall–Kier alpha value is -1.65. The number of methoxy groups -OCH3 is 1. The third-order valence-electron chi connectivity index (χ3n) is 4.37. The van der Waals surface area contributed by atoms with Crippen molar-refractivity contribution in [2.24, 2.45) is 16.3 Å². The van der Waals surface area contributed by atoms with Crippen molar-refractivity contribution in [3.05, 3.63) is 11.3 Å². The second kappa shape index (κ2) is 8.27. The van der Waals surface area contributed by atoms with Gasteiger partial charge in [-0.05, 0) is 18.8 Å². The number of ketones is 1. The number of aliphatic imine (C=N–C) groups is 1. The highest BCUT2D eigenvalue weighted by Gasteiger charge is 2.47. The molecule has 0 heterocycles.